The molecule has 7 nitrogen and oxygen atoms in total. The molecule has 1 atom stereocenters. The Bertz CT molecular complexity index is 1020. The third kappa shape index (κ3) is 3.52. The van der Waals surface area contributed by atoms with Crippen molar-refractivity contribution in [2.24, 2.45) is 0 Å². The van der Waals surface area contributed by atoms with Crippen LogP contribution >= 0.6 is 11.6 Å². The van der Waals surface area contributed by atoms with Crippen molar-refractivity contribution in [1.82, 2.24) is 15.1 Å². The average molecular weight is 394 g/mol. The standard InChI is InChI=1S/C17H16ClN3O4S/c1-10(16-20-15(21-25-16)11-2-3-11)26(22,23)9-14-8-24-17(19-14)12-4-6-13(18)7-5-12/h4-8,10-11H,2-3,9H2,1H3. The van der Waals surface area contributed by atoms with Gasteiger partial charge in [0.2, 0.25) is 11.8 Å². The van der Waals surface area contributed by atoms with Crippen molar-refractivity contribution in [3.8, 4) is 11.5 Å². The summed E-state index contributed by atoms with van der Waals surface area (Å²) in [5.74, 6) is 1.09. The van der Waals surface area contributed by atoms with Crippen LogP contribution in [0.3, 0.4) is 0 Å². The van der Waals surface area contributed by atoms with Gasteiger partial charge in [0.15, 0.2) is 15.7 Å². The first-order valence-electron chi connectivity index (χ1n) is 8.18. The van der Waals surface area contributed by atoms with E-state index in [-0.39, 0.29) is 11.6 Å². The molecule has 9 heteroatoms. The summed E-state index contributed by atoms with van der Waals surface area (Å²) in [4.78, 5) is 8.49. The fourth-order valence-electron chi connectivity index (χ4n) is 2.50. The minimum absolute atomic E-state index is 0.119. The van der Waals surface area contributed by atoms with Crippen molar-refractivity contribution in [3.05, 3.63) is 53.0 Å². The lowest BCUT2D eigenvalue weighted by Crippen LogP contribution is -2.13. The number of hydrogen-bond donors (Lipinski definition) is 0. The second-order valence-electron chi connectivity index (χ2n) is 6.37. The van der Waals surface area contributed by atoms with Crippen LogP contribution in [0.5, 0.6) is 0 Å². The monoisotopic (exact) mass is 393 g/mol. The minimum atomic E-state index is -3.57. The zero-order chi connectivity index (χ0) is 18.3. The Balaban J connectivity index is 1.50. The van der Waals surface area contributed by atoms with Crippen LogP contribution in [0.1, 0.15) is 48.3 Å². The Hall–Kier alpha value is -2.19. The molecular weight excluding hydrogens is 378 g/mol. The quantitative estimate of drug-likeness (QED) is 0.625. The summed E-state index contributed by atoms with van der Waals surface area (Å²) in [6.07, 6.45) is 3.39. The molecule has 2 aromatic heterocycles. The summed E-state index contributed by atoms with van der Waals surface area (Å²) >= 11 is 5.86. The van der Waals surface area contributed by atoms with Gasteiger partial charge in [-0.2, -0.15) is 4.98 Å². The van der Waals surface area contributed by atoms with Crippen molar-refractivity contribution < 1.29 is 17.4 Å². The first-order valence-corrected chi connectivity index (χ1v) is 10.3. The normalized spacial score (nSPS) is 15.9. The Morgan fingerprint density at radius 1 is 1.23 bits per heavy atom. The molecule has 3 aromatic rings. The van der Waals surface area contributed by atoms with E-state index in [2.05, 4.69) is 15.1 Å². The Labute approximate surface area is 155 Å². The second kappa shape index (κ2) is 6.51. The van der Waals surface area contributed by atoms with Gasteiger partial charge in [0, 0.05) is 16.5 Å². The van der Waals surface area contributed by atoms with E-state index >= 15 is 0 Å². The molecule has 1 aliphatic rings. The van der Waals surface area contributed by atoms with E-state index in [4.69, 9.17) is 20.5 Å². The van der Waals surface area contributed by atoms with Crippen LogP contribution in [0, 0.1) is 0 Å². The maximum absolute atomic E-state index is 12.7. The third-order valence-corrected chi connectivity index (χ3v) is 6.51. The highest BCUT2D eigenvalue weighted by molar-refractivity contribution is 7.90. The largest absolute Gasteiger partial charge is 0.444 e. The fraction of sp³-hybridized carbons (Fsp3) is 0.353. The highest BCUT2D eigenvalue weighted by atomic mass is 35.5. The fourth-order valence-corrected chi connectivity index (χ4v) is 3.83. The van der Waals surface area contributed by atoms with Crippen LogP contribution < -0.4 is 0 Å². The van der Waals surface area contributed by atoms with Crippen molar-refractivity contribution in [2.45, 2.75) is 36.7 Å². The number of oxazole rings is 1. The van der Waals surface area contributed by atoms with Crippen molar-refractivity contribution in [1.29, 1.82) is 0 Å². The maximum Gasteiger partial charge on any atom is 0.244 e. The van der Waals surface area contributed by atoms with Gasteiger partial charge >= 0.3 is 0 Å². The number of sulfone groups is 1. The molecular formula is C17H16ClN3O4S. The van der Waals surface area contributed by atoms with Crippen LogP contribution in [0.4, 0.5) is 0 Å². The number of nitrogens with zero attached hydrogens (tertiary/aromatic N) is 3. The van der Waals surface area contributed by atoms with Crippen LogP contribution in [-0.4, -0.2) is 23.5 Å². The van der Waals surface area contributed by atoms with Gasteiger partial charge in [-0.25, -0.2) is 13.4 Å². The zero-order valence-electron chi connectivity index (χ0n) is 13.9. The molecule has 1 fully saturated rings. The molecule has 26 heavy (non-hydrogen) atoms. The van der Waals surface area contributed by atoms with Crippen LogP contribution in [-0.2, 0) is 15.6 Å². The molecule has 0 amide bonds. The van der Waals surface area contributed by atoms with E-state index in [1.807, 2.05) is 0 Å². The molecule has 0 bridgehead atoms. The molecule has 0 N–H and O–H groups in total. The highest BCUT2D eigenvalue weighted by Gasteiger charge is 2.33. The predicted octanol–water partition coefficient (Wildman–Crippen LogP) is 3.93. The van der Waals surface area contributed by atoms with Gasteiger partial charge in [0.05, 0.1) is 11.4 Å². The Morgan fingerprint density at radius 3 is 2.65 bits per heavy atom. The molecule has 4 rings (SSSR count). The van der Waals surface area contributed by atoms with Gasteiger partial charge in [0.1, 0.15) is 11.5 Å². The Morgan fingerprint density at radius 2 is 1.96 bits per heavy atom. The van der Waals surface area contributed by atoms with Gasteiger partial charge < -0.3 is 8.94 Å². The minimum Gasteiger partial charge on any atom is -0.444 e. The van der Waals surface area contributed by atoms with Gasteiger partial charge in [-0.15, -0.1) is 0 Å². The van der Waals surface area contributed by atoms with Crippen molar-refractivity contribution in [2.75, 3.05) is 0 Å². The van der Waals surface area contributed by atoms with Crippen LogP contribution in [0.25, 0.3) is 11.5 Å². The summed E-state index contributed by atoms with van der Waals surface area (Å²) in [5, 5.41) is 3.57. The van der Waals surface area contributed by atoms with E-state index < -0.39 is 15.1 Å². The number of benzene rings is 1. The summed E-state index contributed by atoms with van der Waals surface area (Å²) in [7, 11) is -3.57. The second-order valence-corrected chi connectivity index (χ2v) is 9.12. The first kappa shape index (κ1) is 17.2. The smallest absolute Gasteiger partial charge is 0.244 e. The number of rotatable bonds is 6. The van der Waals surface area contributed by atoms with Gasteiger partial charge in [-0.05, 0) is 44.0 Å². The molecule has 1 aromatic carbocycles. The third-order valence-electron chi connectivity index (χ3n) is 4.28. The average Bonchev–Trinajstić information content (AvgIpc) is 3.16. The SMILES string of the molecule is CC(c1nc(C2CC2)no1)S(=O)(=O)Cc1coc(-c2ccc(Cl)cc2)n1. The number of halogens is 1. The molecule has 0 spiro atoms. The lowest BCUT2D eigenvalue weighted by atomic mass is 10.2. The molecule has 136 valence electrons. The van der Waals surface area contributed by atoms with Crippen LogP contribution in [0.2, 0.25) is 5.02 Å². The van der Waals surface area contributed by atoms with E-state index in [9.17, 15) is 8.42 Å². The van der Waals surface area contributed by atoms with Crippen molar-refractivity contribution >= 4 is 21.4 Å². The lowest BCUT2D eigenvalue weighted by molar-refractivity contribution is 0.371. The molecule has 1 aliphatic carbocycles. The maximum atomic E-state index is 12.7. The van der Waals surface area contributed by atoms with E-state index in [1.54, 1.807) is 31.2 Å². The molecule has 1 unspecified atom stereocenters. The summed E-state index contributed by atoms with van der Waals surface area (Å²) in [6.45, 7) is 1.54. The molecule has 2 heterocycles. The van der Waals surface area contributed by atoms with Gasteiger partial charge in [-0.1, -0.05) is 16.8 Å². The van der Waals surface area contributed by atoms with E-state index in [0.717, 1.165) is 18.4 Å². The molecule has 0 radical (unpaired) electrons. The lowest BCUT2D eigenvalue weighted by Gasteiger charge is -2.06. The number of aromatic nitrogens is 3. The predicted molar refractivity (Wildman–Crippen MR) is 94.3 cm³/mol. The van der Waals surface area contributed by atoms with Gasteiger partial charge in [-0.3, -0.25) is 0 Å². The first-order chi connectivity index (χ1) is 12.4. The summed E-state index contributed by atoms with van der Waals surface area (Å²) in [5.41, 5.74) is 1.04. The molecule has 0 saturated heterocycles. The summed E-state index contributed by atoms with van der Waals surface area (Å²) in [6, 6.07) is 6.94. The molecule has 0 aliphatic heterocycles. The Kier molecular flexibility index (Phi) is 4.32. The van der Waals surface area contributed by atoms with Crippen LogP contribution in [0.15, 0.2) is 39.5 Å². The van der Waals surface area contributed by atoms with E-state index in [1.165, 1.54) is 6.26 Å². The highest BCUT2D eigenvalue weighted by Crippen LogP contribution is 2.39. The zero-order valence-corrected chi connectivity index (χ0v) is 15.5. The summed E-state index contributed by atoms with van der Waals surface area (Å²) < 4.78 is 35.9. The topological polar surface area (TPSA) is 99.1 Å². The molecule has 1 saturated carbocycles. The number of hydrogen-bond acceptors (Lipinski definition) is 7. The van der Waals surface area contributed by atoms with E-state index in [0.29, 0.717) is 28.3 Å². The van der Waals surface area contributed by atoms with Gasteiger partial charge in [0.25, 0.3) is 0 Å². The van der Waals surface area contributed by atoms with Crippen molar-refractivity contribution in [3.63, 3.8) is 0 Å².